The molecule has 43 heavy (non-hydrogen) atoms. The summed E-state index contributed by atoms with van der Waals surface area (Å²) in [6.45, 7) is 17.0. The summed E-state index contributed by atoms with van der Waals surface area (Å²) in [7, 11) is 0.205. The van der Waals surface area contributed by atoms with E-state index >= 15 is 0 Å². The predicted octanol–water partition coefficient (Wildman–Crippen LogP) is 6.33. The smallest absolute Gasteiger partial charge is 0.416 e. The minimum Gasteiger partial charge on any atom is -0.598 e. The van der Waals surface area contributed by atoms with E-state index in [-0.39, 0.29) is 6.73 Å². The van der Waals surface area contributed by atoms with Crippen LogP contribution >= 0.6 is 0 Å². The highest BCUT2D eigenvalue weighted by Crippen LogP contribution is 2.44. The zero-order valence-electron chi connectivity index (χ0n) is 26.4. The SMILES string of the molecule is COc1cc(C)c2c(ccn2C(=O)O)c1C(C)(N[S+]([O-])C(C)(C)C)c1nc2cc(C#N)ccc2n1COCC[Si](C)(C)C. The van der Waals surface area contributed by atoms with E-state index in [1.165, 1.54) is 10.8 Å². The lowest BCUT2D eigenvalue weighted by atomic mass is 9.87. The van der Waals surface area contributed by atoms with E-state index in [1.807, 2.05) is 45.3 Å². The lowest BCUT2D eigenvalue weighted by molar-refractivity contribution is 0.0856. The minimum atomic E-state index is -1.59. The van der Waals surface area contributed by atoms with Crippen LogP contribution in [0.15, 0.2) is 36.5 Å². The Balaban J connectivity index is 2.06. The molecule has 0 aliphatic carbocycles. The molecule has 0 radical (unpaired) electrons. The molecule has 4 aromatic rings. The molecule has 12 heteroatoms. The fourth-order valence-corrected chi connectivity index (χ4v) is 6.76. The van der Waals surface area contributed by atoms with Crippen molar-refractivity contribution < 1.29 is 23.9 Å². The van der Waals surface area contributed by atoms with Crippen molar-refractivity contribution in [1.29, 1.82) is 5.26 Å². The summed E-state index contributed by atoms with van der Waals surface area (Å²) in [5.74, 6) is 0.986. The third-order valence-corrected chi connectivity index (χ3v) is 10.9. The number of fused-ring (bicyclic) bond motifs is 2. The summed E-state index contributed by atoms with van der Waals surface area (Å²) in [4.78, 5) is 17.2. The second-order valence-electron chi connectivity index (χ2n) is 13.1. The average Bonchev–Trinajstić information content (AvgIpc) is 3.52. The van der Waals surface area contributed by atoms with E-state index in [2.05, 4.69) is 30.4 Å². The van der Waals surface area contributed by atoms with Gasteiger partial charge in [-0.1, -0.05) is 19.6 Å². The number of benzene rings is 2. The van der Waals surface area contributed by atoms with Crippen LogP contribution < -0.4 is 9.46 Å². The molecule has 0 aliphatic rings. The average molecular weight is 624 g/mol. The number of aromatic nitrogens is 3. The maximum atomic E-state index is 13.9. The quantitative estimate of drug-likeness (QED) is 0.119. The number of nitriles is 1. The maximum Gasteiger partial charge on any atom is 0.416 e. The highest BCUT2D eigenvalue weighted by Gasteiger charge is 2.45. The van der Waals surface area contributed by atoms with Gasteiger partial charge in [-0.15, -0.1) is 4.72 Å². The van der Waals surface area contributed by atoms with Crippen molar-refractivity contribution >= 4 is 47.5 Å². The third-order valence-electron chi connectivity index (χ3n) is 7.44. The number of methoxy groups -OCH3 is 1. The second-order valence-corrected chi connectivity index (χ2v) is 20.7. The van der Waals surface area contributed by atoms with Gasteiger partial charge in [0, 0.05) is 43.2 Å². The number of aryl methyl sites for hydroxylation is 1. The van der Waals surface area contributed by atoms with Gasteiger partial charge in [-0.3, -0.25) is 4.57 Å². The Hall–Kier alpha value is -3.34. The molecule has 0 amide bonds. The summed E-state index contributed by atoms with van der Waals surface area (Å²) in [5, 5.41) is 20.2. The molecule has 0 bridgehead atoms. The number of hydrogen-bond donors (Lipinski definition) is 2. The number of carboxylic acid groups (broad SMARTS) is 1. The van der Waals surface area contributed by atoms with Crippen molar-refractivity contribution in [3.8, 4) is 11.8 Å². The molecule has 2 unspecified atom stereocenters. The van der Waals surface area contributed by atoms with Crippen LogP contribution in [-0.2, 0) is 28.4 Å². The Labute approximate surface area is 256 Å². The molecule has 2 atom stereocenters. The number of imidazole rings is 1. The standard InChI is InChI=1S/C31H41N5O5SSi/c1-20-16-25(40-6)26(22-12-13-35(27(20)22)29(37)38)31(5,34-42(39)30(2,3)4)28-33-23-17-21(18-32)10-11-24(23)36(28)19-41-14-15-43(7,8)9/h10-13,16-17,34H,14-15,19H2,1-9H3,(H,37,38). The molecule has 4 rings (SSSR count). The molecule has 10 nitrogen and oxygen atoms in total. The molecule has 0 spiro atoms. The molecule has 2 N–H and O–H groups in total. The van der Waals surface area contributed by atoms with Gasteiger partial charge in [0.25, 0.3) is 0 Å². The number of rotatable bonds is 10. The Morgan fingerprint density at radius 1 is 1.21 bits per heavy atom. The van der Waals surface area contributed by atoms with Crippen molar-refractivity contribution in [3.05, 3.63) is 59.0 Å². The lowest BCUT2D eigenvalue weighted by Crippen LogP contribution is -2.52. The highest BCUT2D eigenvalue weighted by atomic mass is 32.2. The molecule has 230 valence electrons. The first-order valence-electron chi connectivity index (χ1n) is 14.1. The summed E-state index contributed by atoms with van der Waals surface area (Å²) in [6.07, 6.45) is 0.389. The van der Waals surface area contributed by atoms with Gasteiger partial charge in [0.2, 0.25) is 0 Å². The summed E-state index contributed by atoms with van der Waals surface area (Å²) in [5.41, 5.74) is 2.33. The van der Waals surface area contributed by atoms with Crippen LogP contribution in [0.5, 0.6) is 5.75 Å². The third kappa shape index (κ3) is 6.46. The number of carbonyl (C=O) groups is 1. The maximum absolute atomic E-state index is 13.9. The van der Waals surface area contributed by atoms with E-state index in [0.29, 0.717) is 51.3 Å². The molecular formula is C31H41N5O5SSi. The molecule has 2 aromatic heterocycles. The van der Waals surface area contributed by atoms with Crippen LogP contribution in [-0.4, -0.2) is 56.4 Å². The van der Waals surface area contributed by atoms with Crippen LogP contribution in [0.2, 0.25) is 25.7 Å². The Morgan fingerprint density at radius 3 is 2.49 bits per heavy atom. The summed E-state index contributed by atoms with van der Waals surface area (Å²) in [6, 6.07) is 12.0. The normalized spacial score (nSPS) is 14.5. The molecular weight excluding hydrogens is 583 g/mol. The van der Waals surface area contributed by atoms with E-state index < -0.39 is 35.8 Å². The van der Waals surface area contributed by atoms with E-state index in [1.54, 1.807) is 31.4 Å². The fourth-order valence-electron chi connectivity index (χ4n) is 5.14. The number of nitrogens with zero attached hydrogens (tertiary/aromatic N) is 4. The van der Waals surface area contributed by atoms with Crippen LogP contribution in [0.3, 0.4) is 0 Å². The van der Waals surface area contributed by atoms with E-state index in [0.717, 1.165) is 11.6 Å². The fraction of sp³-hybridized carbons (Fsp3) is 0.452. The molecule has 0 saturated heterocycles. The Bertz CT molecular complexity index is 1710. The monoisotopic (exact) mass is 623 g/mol. The molecule has 0 fully saturated rings. The minimum absolute atomic E-state index is 0.176. The first-order chi connectivity index (χ1) is 20.0. The molecule has 2 aromatic carbocycles. The predicted molar refractivity (Wildman–Crippen MR) is 173 cm³/mol. The van der Waals surface area contributed by atoms with Crippen molar-refractivity contribution in [2.45, 2.75) is 77.3 Å². The lowest BCUT2D eigenvalue weighted by Gasteiger charge is -2.36. The topological polar surface area (TPSA) is 137 Å². The van der Waals surface area contributed by atoms with Gasteiger partial charge in [0.15, 0.2) is 0 Å². The molecule has 0 saturated carbocycles. The van der Waals surface area contributed by atoms with Gasteiger partial charge in [-0.25, -0.2) is 9.78 Å². The van der Waals surface area contributed by atoms with Crippen LogP contribution in [0.25, 0.3) is 21.9 Å². The van der Waals surface area contributed by atoms with Crippen molar-refractivity contribution in [3.63, 3.8) is 0 Å². The van der Waals surface area contributed by atoms with Crippen LogP contribution in [0.1, 0.15) is 50.2 Å². The molecule has 2 heterocycles. The van der Waals surface area contributed by atoms with Crippen LogP contribution in [0, 0.1) is 18.3 Å². The summed E-state index contributed by atoms with van der Waals surface area (Å²) < 4.78 is 31.9. The summed E-state index contributed by atoms with van der Waals surface area (Å²) >= 11 is -1.59. The van der Waals surface area contributed by atoms with Gasteiger partial charge in [-0.05, 0) is 76.6 Å². The van der Waals surface area contributed by atoms with Crippen LogP contribution in [0.4, 0.5) is 4.79 Å². The van der Waals surface area contributed by atoms with Crippen molar-refractivity contribution in [2.24, 2.45) is 0 Å². The van der Waals surface area contributed by atoms with Crippen molar-refractivity contribution in [2.75, 3.05) is 13.7 Å². The van der Waals surface area contributed by atoms with Crippen molar-refractivity contribution in [1.82, 2.24) is 18.8 Å². The largest absolute Gasteiger partial charge is 0.598 e. The van der Waals surface area contributed by atoms with Gasteiger partial charge in [-0.2, -0.15) is 5.26 Å². The Kier molecular flexibility index (Phi) is 9.07. The number of nitrogens with one attached hydrogen (secondary N) is 1. The van der Waals surface area contributed by atoms with Gasteiger partial charge in [0.05, 0.1) is 35.3 Å². The highest BCUT2D eigenvalue weighted by molar-refractivity contribution is 7.90. The molecule has 0 aliphatic heterocycles. The Morgan fingerprint density at radius 2 is 1.91 bits per heavy atom. The van der Waals surface area contributed by atoms with E-state index in [9.17, 15) is 19.7 Å². The second kappa shape index (κ2) is 12.0. The van der Waals surface area contributed by atoms with Gasteiger partial charge >= 0.3 is 6.09 Å². The van der Waals surface area contributed by atoms with Gasteiger partial charge in [0.1, 0.15) is 28.6 Å². The van der Waals surface area contributed by atoms with Gasteiger partial charge < -0.3 is 23.7 Å². The van der Waals surface area contributed by atoms with E-state index in [4.69, 9.17) is 14.5 Å². The zero-order chi connectivity index (χ0) is 31.9. The number of hydrogen-bond acceptors (Lipinski definition) is 7. The zero-order valence-corrected chi connectivity index (χ0v) is 28.2. The first kappa shape index (κ1) is 32.6. The first-order valence-corrected chi connectivity index (χ1v) is 19.0. The number of ether oxygens (including phenoxy) is 2.